The number of halogens is 1. The van der Waals surface area contributed by atoms with Crippen LogP contribution in [-0.4, -0.2) is 4.92 Å². The summed E-state index contributed by atoms with van der Waals surface area (Å²) in [6, 6.07) is 6.50. The summed E-state index contributed by atoms with van der Waals surface area (Å²) in [4.78, 5) is 10.1. The minimum Gasteiger partial charge on any atom is -0.264 e. The van der Waals surface area contributed by atoms with E-state index in [9.17, 15) is 10.1 Å². The highest BCUT2D eigenvalue weighted by molar-refractivity contribution is 9.10. The van der Waals surface area contributed by atoms with Crippen LogP contribution in [-0.2, 0) is 0 Å². The van der Waals surface area contributed by atoms with E-state index in [2.05, 4.69) is 15.9 Å². The third-order valence-corrected chi connectivity index (χ3v) is 2.14. The van der Waals surface area contributed by atoms with Gasteiger partial charge in [0.15, 0.2) is 0 Å². The van der Waals surface area contributed by atoms with E-state index in [0.29, 0.717) is 0 Å². The molecule has 0 aromatic heterocycles. The lowest BCUT2D eigenvalue weighted by molar-refractivity contribution is -0.524. The van der Waals surface area contributed by atoms with Crippen LogP contribution in [0.15, 0.2) is 28.7 Å². The molecule has 0 aliphatic carbocycles. The quantitative estimate of drug-likeness (QED) is 0.579. The van der Waals surface area contributed by atoms with Gasteiger partial charge < -0.3 is 0 Å². The van der Waals surface area contributed by atoms with Gasteiger partial charge in [-0.05, 0) is 12.1 Å². The maximum absolute atomic E-state index is 10.4. The number of nitrogens with zero attached hydrogens (tertiary/aromatic N) is 1. The molecule has 0 aliphatic heterocycles. The summed E-state index contributed by atoms with van der Waals surface area (Å²) < 4.78 is 0.869. The van der Waals surface area contributed by atoms with E-state index in [4.69, 9.17) is 0 Å². The Morgan fingerprint density at radius 3 is 2.75 bits per heavy atom. The molecule has 0 N–H and O–H groups in total. The van der Waals surface area contributed by atoms with E-state index < -0.39 is 6.04 Å². The molecule has 1 rings (SSSR count). The van der Waals surface area contributed by atoms with Crippen molar-refractivity contribution >= 4 is 15.9 Å². The summed E-state index contributed by atoms with van der Waals surface area (Å²) in [6.45, 7) is 1.57. The molecular weight excluding hydrogens is 222 g/mol. The molecule has 0 spiro atoms. The number of hydrogen-bond acceptors (Lipinski definition) is 2. The van der Waals surface area contributed by atoms with Crippen LogP contribution in [0.1, 0.15) is 18.5 Å². The molecule has 64 valence electrons. The molecule has 0 amide bonds. The van der Waals surface area contributed by atoms with Crippen molar-refractivity contribution < 1.29 is 4.92 Å². The Kier molecular flexibility index (Phi) is 2.81. The van der Waals surface area contributed by atoms with E-state index in [-0.39, 0.29) is 4.92 Å². The van der Waals surface area contributed by atoms with Gasteiger partial charge in [-0.3, -0.25) is 10.1 Å². The highest BCUT2D eigenvalue weighted by Gasteiger charge is 2.14. The standard InChI is InChI=1S/C8H8BrNO2/c1-6(10(11)12)7-3-2-4-8(9)5-7/h2-6H,1H3. The predicted molar refractivity (Wildman–Crippen MR) is 49.6 cm³/mol. The van der Waals surface area contributed by atoms with Crippen LogP contribution >= 0.6 is 15.9 Å². The second-order valence-electron chi connectivity index (χ2n) is 2.52. The van der Waals surface area contributed by atoms with Gasteiger partial charge in [0.05, 0.1) is 0 Å². The van der Waals surface area contributed by atoms with Gasteiger partial charge in [0, 0.05) is 21.9 Å². The summed E-state index contributed by atoms with van der Waals surface area (Å²) in [6.07, 6.45) is 0. The second kappa shape index (κ2) is 3.67. The lowest BCUT2D eigenvalue weighted by atomic mass is 10.1. The van der Waals surface area contributed by atoms with Crippen LogP contribution < -0.4 is 0 Å². The monoisotopic (exact) mass is 229 g/mol. The SMILES string of the molecule is CC(c1cccc(Br)c1)[N+](=O)[O-]. The minimum absolute atomic E-state index is 0.304. The number of nitro groups is 1. The first-order chi connectivity index (χ1) is 5.61. The van der Waals surface area contributed by atoms with Crippen molar-refractivity contribution in [2.45, 2.75) is 13.0 Å². The topological polar surface area (TPSA) is 43.1 Å². The molecule has 0 fully saturated rings. The molecule has 3 nitrogen and oxygen atoms in total. The predicted octanol–water partition coefficient (Wildman–Crippen LogP) is 2.79. The average molecular weight is 230 g/mol. The van der Waals surface area contributed by atoms with Gasteiger partial charge in [0.25, 0.3) is 0 Å². The van der Waals surface area contributed by atoms with Crippen molar-refractivity contribution in [3.8, 4) is 0 Å². The second-order valence-corrected chi connectivity index (χ2v) is 3.43. The van der Waals surface area contributed by atoms with Gasteiger partial charge in [0.1, 0.15) is 0 Å². The zero-order valence-corrected chi connectivity index (χ0v) is 8.11. The molecule has 0 aliphatic rings. The van der Waals surface area contributed by atoms with Gasteiger partial charge in [0.2, 0.25) is 6.04 Å². The normalized spacial score (nSPS) is 12.5. The summed E-state index contributed by atoms with van der Waals surface area (Å²) in [5, 5.41) is 10.4. The minimum atomic E-state index is -0.637. The number of rotatable bonds is 2. The third-order valence-electron chi connectivity index (χ3n) is 1.65. The highest BCUT2D eigenvalue weighted by atomic mass is 79.9. The summed E-state index contributed by atoms with van der Waals surface area (Å²) >= 11 is 3.26. The summed E-state index contributed by atoms with van der Waals surface area (Å²) in [7, 11) is 0. The summed E-state index contributed by atoms with van der Waals surface area (Å²) in [5.74, 6) is 0. The maximum atomic E-state index is 10.4. The van der Waals surface area contributed by atoms with Crippen LogP contribution in [0.3, 0.4) is 0 Å². The van der Waals surface area contributed by atoms with Crippen molar-refractivity contribution in [1.82, 2.24) is 0 Å². The third kappa shape index (κ3) is 2.04. The van der Waals surface area contributed by atoms with Crippen molar-refractivity contribution in [2.24, 2.45) is 0 Å². The van der Waals surface area contributed by atoms with Crippen LogP contribution in [0.5, 0.6) is 0 Å². The molecule has 1 aromatic carbocycles. The lowest BCUT2D eigenvalue weighted by Crippen LogP contribution is -2.05. The molecule has 1 atom stereocenters. The Bertz CT molecular complexity index is 301. The highest BCUT2D eigenvalue weighted by Crippen LogP contribution is 2.19. The van der Waals surface area contributed by atoms with E-state index in [1.165, 1.54) is 0 Å². The molecule has 1 aromatic rings. The van der Waals surface area contributed by atoms with Crippen molar-refractivity contribution in [3.05, 3.63) is 44.4 Å². The van der Waals surface area contributed by atoms with Crippen molar-refractivity contribution in [1.29, 1.82) is 0 Å². The first kappa shape index (κ1) is 9.19. The van der Waals surface area contributed by atoms with Crippen molar-refractivity contribution in [3.63, 3.8) is 0 Å². The zero-order valence-electron chi connectivity index (χ0n) is 6.53. The van der Waals surface area contributed by atoms with Crippen LogP contribution in [0.4, 0.5) is 0 Å². The fraction of sp³-hybridized carbons (Fsp3) is 0.250. The lowest BCUT2D eigenvalue weighted by Gasteiger charge is -2.03. The zero-order chi connectivity index (χ0) is 9.14. The fourth-order valence-corrected chi connectivity index (χ4v) is 1.31. The van der Waals surface area contributed by atoms with Gasteiger partial charge in [-0.1, -0.05) is 28.1 Å². The van der Waals surface area contributed by atoms with Crippen molar-refractivity contribution in [2.75, 3.05) is 0 Å². The Hall–Kier alpha value is -0.900. The largest absolute Gasteiger partial charge is 0.264 e. The van der Waals surface area contributed by atoms with E-state index in [1.54, 1.807) is 25.1 Å². The molecule has 0 radical (unpaired) electrons. The van der Waals surface area contributed by atoms with Gasteiger partial charge in [-0.25, -0.2) is 0 Å². The van der Waals surface area contributed by atoms with E-state index >= 15 is 0 Å². The Balaban J connectivity index is 2.95. The Morgan fingerprint density at radius 2 is 2.25 bits per heavy atom. The van der Waals surface area contributed by atoms with Gasteiger partial charge in [-0.15, -0.1) is 0 Å². The molecule has 12 heavy (non-hydrogen) atoms. The molecule has 0 bridgehead atoms. The Morgan fingerprint density at radius 1 is 1.58 bits per heavy atom. The Labute approximate surface area is 78.7 Å². The molecule has 4 heteroatoms. The van der Waals surface area contributed by atoms with E-state index in [1.807, 2.05) is 6.07 Å². The molecule has 0 saturated heterocycles. The first-order valence-electron chi connectivity index (χ1n) is 3.50. The average Bonchev–Trinajstić information content (AvgIpc) is 2.03. The number of hydrogen-bond donors (Lipinski definition) is 0. The van der Waals surface area contributed by atoms with Gasteiger partial charge in [-0.2, -0.15) is 0 Å². The smallest absolute Gasteiger partial charge is 0.235 e. The molecular formula is C8H8BrNO2. The van der Waals surface area contributed by atoms with Crippen LogP contribution in [0.2, 0.25) is 0 Å². The first-order valence-corrected chi connectivity index (χ1v) is 4.29. The summed E-state index contributed by atoms with van der Waals surface area (Å²) in [5.41, 5.74) is 0.717. The maximum Gasteiger partial charge on any atom is 0.235 e. The molecule has 0 saturated carbocycles. The van der Waals surface area contributed by atoms with Crippen LogP contribution in [0.25, 0.3) is 0 Å². The fourth-order valence-electron chi connectivity index (χ4n) is 0.888. The molecule has 0 heterocycles. The number of benzene rings is 1. The van der Waals surface area contributed by atoms with Gasteiger partial charge >= 0.3 is 0 Å². The van der Waals surface area contributed by atoms with E-state index in [0.717, 1.165) is 10.0 Å². The van der Waals surface area contributed by atoms with Crippen LogP contribution in [0, 0.1) is 10.1 Å². The molecule has 1 unspecified atom stereocenters.